The highest BCUT2D eigenvalue weighted by Gasteiger charge is 2.28. The molecule has 0 unspecified atom stereocenters. The van der Waals surface area contributed by atoms with Crippen LogP contribution in [0.3, 0.4) is 0 Å². The summed E-state index contributed by atoms with van der Waals surface area (Å²) >= 11 is 0. The van der Waals surface area contributed by atoms with Crippen LogP contribution in [0.4, 0.5) is 0 Å². The topological polar surface area (TPSA) is 29.3 Å². The molecular weight excluding hydrogens is 160 g/mol. The smallest absolute Gasteiger partial charge is 0.0153 e. The van der Waals surface area contributed by atoms with E-state index in [1.54, 1.807) is 0 Å². The zero-order valence-corrected chi connectivity index (χ0v) is 9.34. The van der Waals surface area contributed by atoms with E-state index in [-0.39, 0.29) is 0 Å². The van der Waals surface area contributed by atoms with E-state index in [9.17, 15) is 0 Å². The van der Waals surface area contributed by atoms with Gasteiger partial charge in [-0.25, -0.2) is 0 Å². The third kappa shape index (κ3) is 2.96. The summed E-state index contributed by atoms with van der Waals surface area (Å²) in [7, 11) is 0. The van der Waals surface area contributed by atoms with Gasteiger partial charge in [0.1, 0.15) is 0 Å². The molecule has 0 saturated carbocycles. The monoisotopic (exact) mass is 184 g/mol. The second kappa shape index (κ2) is 4.43. The summed E-state index contributed by atoms with van der Waals surface area (Å²) in [6, 6.07) is 0.452. The van der Waals surface area contributed by atoms with Crippen molar-refractivity contribution in [2.75, 3.05) is 13.1 Å². The number of rotatable bonds is 3. The number of nitrogens with two attached hydrogens (primary N) is 1. The number of nitrogens with zero attached hydrogens (tertiary/aromatic N) is 1. The zero-order valence-electron chi connectivity index (χ0n) is 9.34. The molecule has 0 amide bonds. The average Bonchev–Trinajstić information content (AvgIpc) is 2.05. The van der Waals surface area contributed by atoms with E-state index in [4.69, 9.17) is 5.73 Å². The van der Waals surface area contributed by atoms with Gasteiger partial charge in [0.25, 0.3) is 0 Å². The van der Waals surface area contributed by atoms with Gasteiger partial charge >= 0.3 is 0 Å². The molecule has 1 heterocycles. The van der Waals surface area contributed by atoms with E-state index in [2.05, 4.69) is 25.7 Å². The summed E-state index contributed by atoms with van der Waals surface area (Å²) < 4.78 is 0. The molecule has 0 radical (unpaired) electrons. The number of piperidine rings is 1. The van der Waals surface area contributed by atoms with Gasteiger partial charge in [0.15, 0.2) is 0 Å². The maximum Gasteiger partial charge on any atom is 0.0153 e. The number of hydrogen-bond donors (Lipinski definition) is 1. The van der Waals surface area contributed by atoms with E-state index in [1.165, 1.54) is 38.8 Å². The van der Waals surface area contributed by atoms with Crippen molar-refractivity contribution < 1.29 is 0 Å². The van der Waals surface area contributed by atoms with Crippen molar-refractivity contribution in [1.29, 1.82) is 0 Å². The molecule has 13 heavy (non-hydrogen) atoms. The van der Waals surface area contributed by atoms with E-state index in [0.717, 1.165) is 0 Å². The predicted molar refractivity (Wildman–Crippen MR) is 57.8 cm³/mol. The Morgan fingerprint density at radius 3 is 2.31 bits per heavy atom. The first-order valence-corrected chi connectivity index (χ1v) is 5.57. The normalized spacial score (nSPS) is 22.2. The molecule has 0 spiro atoms. The maximum atomic E-state index is 5.89. The van der Waals surface area contributed by atoms with Gasteiger partial charge < -0.3 is 5.73 Å². The van der Waals surface area contributed by atoms with Gasteiger partial charge in [-0.3, -0.25) is 4.90 Å². The molecule has 1 rings (SSSR count). The van der Waals surface area contributed by atoms with Gasteiger partial charge in [-0.05, 0) is 33.1 Å². The molecule has 0 atom stereocenters. The van der Waals surface area contributed by atoms with Crippen LogP contribution in [-0.2, 0) is 0 Å². The average molecular weight is 184 g/mol. The van der Waals surface area contributed by atoms with Gasteiger partial charge in [0, 0.05) is 24.7 Å². The molecule has 78 valence electrons. The summed E-state index contributed by atoms with van der Waals surface area (Å²) in [4.78, 5) is 2.60. The Labute approximate surface area is 82.5 Å². The first-order valence-electron chi connectivity index (χ1n) is 5.57. The van der Waals surface area contributed by atoms with Crippen molar-refractivity contribution in [1.82, 2.24) is 4.90 Å². The molecule has 0 aromatic heterocycles. The minimum Gasteiger partial charge on any atom is -0.328 e. The van der Waals surface area contributed by atoms with Crippen LogP contribution in [0.2, 0.25) is 0 Å². The van der Waals surface area contributed by atoms with Crippen molar-refractivity contribution >= 4 is 0 Å². The molecule has 1 saturated heterocycles. The molecule has 0 bridgehead atoms. The zero-order chi connectivity index (χ0) is 9.90. The van der Waals surface area contributed by atoms with Crippen LogP contribution in [0.25, 0.3) is 0 Å². The fourth-order valence-corrected chi connectivity index (χ4v) is 2.27. The second-order valence-electron chi connectivity index (χ2n) is 4.89. The molecule has 1 aliphatic heterocycles. The Bertz CT molecular complexity index is 146. The van der Waals surface area contributed by atoms with Crippen molar-refractivity contribution in [3.8, 4) is 0 Å². The molecule has 1 aliphatic rings. The van der Waals surface area contributed by atoms with E-state index < -0.39 is 0 Å². The highest BCUT2D eigenvalue weighted by molar-refractivity contribution is 4.85. The maximum absolute atomic E-state index is 5.89. The van der Waals surface area contributed by atoms with Crippen molar-refractivity contribution in [3.63, 3.8) is 0 Å². The first-order chi connectivity index (χ1) is 6.06. The molecular formula is C11H24N2. The lowest BCUT2D eigenvalue weighted by atomic mass is 9.93. The summed E-state index contributed by atoms with van der Waals surface area (Å²) in [6.07, 6.45) is 4.91. The van der Waals surface area contributed by atoms with Crippen molar-refractivity contribution in [2.45, 2.75) is 58.0 Å². The SMILES string of the molecule is CCCC(C)(C)N1CCC(N)CC1. The van der Waals surface area contributed by atoms with Crippen LogP contribution in [-0.4, -0.2) is 29.6 Å². The lowest BCUT2D eigenvalue weighted by Crippen LogP contribution is -2.50. The Kier molecular flexibility index (Phi) is 3.74. The van der Waals surface area contributed by atoms with Crippen molar-refractivity contribution in [3.05, 3.63) is 0 Å². The molecule has 1 fully saturated rings. The van der Waals surface area contributed by atoms with E-state index in [0.29, 0.717) is 11.6 Å². The molecule has 2 N–H and O–H groups in total. The predicted octanol–water partition coefficient (Wildman–Crippen LogP) is 1.99. The molecule has 0 aliphatic carbocycles. The fourth-order valence-electron chi connectivity index (χ4n) is 2.27. The summed E-state index contributed by atoms with van der Waals surface area (Å²) in [6.45, 7) is 9.35. The third-order valence-corrected chi connectivity index (χ3v) is 3.26. The Morgan fingerprint density at radius 2 is 1.85 bits per heavy atom. The Morgan fingerprint density at radius 1 is 1.31 bits per heavy atom. The van der Waals surface area contributed by atoms with Crippen LogP contribution in [0.5, 0.6) is 0 Å². The quantitative estimate of drug-likeness (QED) is 0.727. The summed E-state index contributed by atoms with van der Waals surface area (Å²) in [5.41, 5.74) is 6.27. The van der Waals surface area contributed by atoms with Gasteiger partial charge in [0.05, 0.1) is 0 Å². The Hall–Kier alpha value is -0.0800. The lowest BCUT2D eigenvalue weighted by molar-refractivity contribution is 0.0811. The van der Waals surface area contributed by atoms with Crippen LogP contribution >= 0.6 is 0 Å². The number of hydrogen-bond acceptors (Lipinski definition) is 2. The summed E-state index contributed by atoms with van der Waals surface area (Å²) in [5.74, 6) is 0. The van der Waals surface area contributed by atoms with Gasteiger partial charge in [0.2, 0.25) is 0 Å². The molecule has 2 nitrogen and oxygen atoms in total. The highest BCUT2D eigenvalue weighted by atomic mass is 15.2. The number of likely N-dealkylation sites (tertiary alicyclic amines) is 1. The largest absolute Gasteiger partial charge is 0.328 e. The Balaban J connectivity index is 2.42. The molecule has 0 aromatic carbocycles. The van der Waals surface area contributed by atoms with Crippen LogP contribution in [0.1, 0.15) is 46.5 Å². The first kappa shape index (κ1) is 11.0. The third-order valence-electron chi connectivity index (χ3n) is 3.26. The van der Waals surface area contributed by atoms with Gasteiger partial charge in [-0.15, -0.1) is 0 Å². The lowest BCUT2D eigenvalue weighted by Gasteiger charge is -2.42. The minimum atomic E-state index is 0.384. The van der Waals surface area contributed by atoms with Gasteiger partial charge in [-0.2, -0.15) is 0 Å². The van der Waals surface area contributed by atoms with E-state index in [1.807, 2.05) is 0 Å². The van der Waals surface area contributed by atoms with Gasteiger partial charge in [-0.1, -0.05) is 13.3 Å². The van der Waals surface area contributed by atoms with Crippen LogP contribution < -0.4 is 5.73 Å². The van der Waals surface area contributed by atoms with Crippen LogP contribution in [0, 0.1) is 0 Å². The summed E-state index contributed by atoms with van der Waals surface area (Å²) in [5, 5.41) is 0. The van der Waals surface area contributed by atoms with Crippen LogP contribution in [0.15, 0.2) is 0 Å². The fraction of sp³-hybridized carbons (Fsp3) is 1.00. The minimum absolute atomic E-state index is 0.384. The molecule has 2 heteroatoms. The van der Waals surface area contributed by atoms with E-state index >= 15 is 0 Å². The van der Waals surface area contributed by atoms with Crippen molar-refractivity contribution in [2.24, 2.45) is 5.73 Å². The molecule has 0 aromatic rings. The standard InChI is InChI=1S/C11H24N2/c1-4-7-11(2,3)13-8-5-10(12)6-9-13/h10H,4-9,12H2,1-3H3. The highest BCUT2D eigenvalue weighted by Crippen LogP contribution is 2.24. The second-order valence-corrected chi connectivity index (χ2v) is 4.89.